The quantitative estimate of drug-likeness (QED) is 0.733. The summed E-state index contributed by atoms with van der Waals surface area (Å²) in [6.45, 7) is 5.19. The van der Waals surface area contributed by atoms with Crippen molar-refractivity contribution in [2.75, 3.05) is 0 Å². The molecule has 0 fully saturated rings. The Hall–Kier alpha value is -1.29. The number of H-pyrrole nitrogens is 1. The number of hydrogen-bond acceptors (Lipinski definition) is 2. The van der Waals surface area contributed by atoms with Crippen LogP contribution in [0, 0.1) is 0 Å². The second kappa shape index (κ2) is 3.84. The van der Waals surface area contributed by atoms with E-state index in [9.17, 15) is 9.90 Å². The molecule has 4 nitrogen and oxygen atoms in total. The Morgan fingerprint density at radius 2 is 2.14 bits per heavy atom. The van der Waals surface area contributed by atoms with Crippen LogP contribution in [0.3, 0.4) is 0 Å². The predicted octanol–water partition coefficient (Wildman–Crippen LogP) is 1.83. The Bertz CT molecular complexity index is 298. The minimum absolute atomic E-state index is 0.333. The van der Waals surface area contributed by atoms with Gasteiger partial charge in [0.1, 0.15) is 5.60 Å². The molecule has 1 rings (SSSR count). The van der Waals surface area contributed by atoms with Crippen molar-refractivity contribution in [3.8, 4) is 0 Å². The molecule has 0 aliphatic heterocycles. The molecule has 0 aromatic carbocycles. The van der Waals surface area contributed by atoms with Crippen LogP contribution in [-0.4, -0.2) is 16.6 Å². The van der Waals surface area contributed by atoms with Gasteiger partial charge in [0, 0.05) is 6.20 Å². The lowest BCUT2D eigenvalue weighted by Crippen LogP contribution is -2.27. The monoisotopic (exact) mass is 196 g/mol. The zero-order valence-corrected chi connectivity index (χ0v) is 8.53. The topological polar surface area (TPSA) is 62.0 Å². The highest BCUT2D eigenvalue weighted by molar-refractivity contribution is 5.75. The zero-order valence-electron chi connectivity index (χ0n) is 8.53. The van der Waals surface area contributed by atoms with Gasteiger partial charge in [0.05, 0.1) is 5.69 Å². The summed E-state index contributed by atoms with van der Waals surface area (Å²) in [4.78, 5) is 14.0. The molecule has 1 aromatic rings. The molecule has 77 valence electrons. The van der Waals surface area contributed by atoms with Crippen LogP contribution in [0.2, 0.25) is 0 Å². The number of aromatic nitrogens is 1. The predicted molar refractivity (Wildman–Crippen MR) is 50.1 cm³/mol. The van der Waals surface area contributed by atoms with Gasteiger partial charge >= 0.3 is 5.97 Å². The first-order valence-corrected chi connectivity index (χ1v) is 4.42. The number of carbonyl (C=O) groups excluding carboxylic acids is 1. The third-order valence-electron chi connectivity index (χ3n) is 1.53. The van der Waals surface area contributed by atoms with E-state index in [4.69, 9.17) is 4.74 Å². The van der Waals surface area contributed by atoms with E-state index in [-0.39, 0.29) is 0 Å². The highest BCUT2D eigenvalue weighted by atomic mass is 16.6. The molecule has 0 spiro atoms. The van der Waals surface area contributed by atoms with Gasteiger partial charge in [-0.2, -0.15) is 0 Å². The van der Waals surface area contributed by atoms with Gasteiger partial charge in [-0.25, -0.2) is 9.90 Å². The number of hydrogen-bond donors (Lipinski definition) is 1. The van der Waals surface area contributed by atoms with Crippen molar-refractivity contribution in [2.45, 2.75) is 32.5 Å². The lowest BCUT2D eigenvalue weighted by atomic mass is 10.2. The molecule has 4 heteroatoms. The molecule has 1 aromatic heterocycles. The Labute approximate surface area is 82.9 Å². The van der Waals surface area contributed by atoms with Crippen molar-refractivity contribution in [1.82, 2.24) is 4.98 Å². The smallest absolute Gasteiger partial charge is 0.345 e. The number of nitrogens with one attached hydrogen (secondary N) is 1. The fourth-order valence-corrected chi connectivity index (χ4v) is 0.990. The molecular formula is C10H14NO3. The van der Waals surface area contributed by atoms with Crippen LogP contribution in [0.1, 0.15) is 32.6 Å². The summed E-state index contributed by atoms with van der Waals surface area (Å²) < 4.78 is 4.95. The molecule has 1 unspecified atom stereocenters. The molecule has 14 heavy (non-hydrogen) atoms. The van der Waals surface area contributed by atoms with Crippen molar-refractivity contribution in [2.24, 2.45) is 0 Å². The third-order valence-corrected chi connectivity index (χ3v) is 1.53. The average Bonchev–Trinajstić information content (AvgIpc) is 2.51. The van der Waals surface area contributed by atoms with E-state index in [2.05, 4.69) is 4.98 Å². The number of aromatic amines is 1. The maximum Gasteiger partial charge on any atom is 0.345 e. The largest absolute Gasteiger partial charge is 0.458 e. The summed E-state index contributed by atoms with van der Waals surface area (Å²) in [6, 6.07) is 3.24. The molecule has 1 radical (unpaired) electrons. The Morgan fingerprint density at radius 3 is 2.57 bits per heavy atom. The highest BCUT2D eigenvalue weighted by Gasteiger charge is 2.26. The van der Waals surface area contributed by atoms with Gasteiger partial charge in [-0.1, -0.05) is 0 Å². The fraction of sp³-hybridized carbons (Fsp3) is 0.500. The van der Waals surface area contributed by atoms with Crippen LogP contribution in [0.5, 0.6) is 0 Å². The summed E-state index contributed by atoms with van der Waals surface area (Å²) in [5, 5.41) is 11.5. The standard InChI is InChI=1S/C10H14NO3/c1-10(2,3)14-9(13)8(12)7-5-4-6-11-7/h4-6,8,11H,1-3H3. The van der Waals surface area contributed by atoms with Crippen molar-refractivity contribution in [3.05, 3.63) is 24.0 Å². The first-order chi connectivity index (χ1) is 6.40. The molecule has 0 saturated carbocycles. The molecule has 1 atom stereocenters. The Morgan fingerprint density at radius 1 is 1.50 bits per heavy atom. The number of rotatable bonds is 2. The minimum atomic E-state index is -1.48. The van der Waals surface area contributed by atoms with E-state index in [0.29, 0.717) is 5.69 Å². The van der Waals surface area contributed by atoms with E-state index in [1.54, 1.807) is 39.1 Å². The lowest BCUT2D eigenvalue weighted by molar-refractivity contribution is -0.169. The van der Waals surface area contributed by atoms with Crippen molar-refractivity contribution >= 4 is 5.97 Å². The SMILES string of the molecule is CC(C)(C)OC(=O)C([O])c1ccc[nH]1. The van der Waals surface area contributed by atoms with E-state index in [1.165, 1.54) is 0 Å². The minimum Gasteiger partial charge on any atom is -0.458 e. The van der Waals surface area contributed by atoms with E-state index in [0.717, 1.165) is 0 Å². The Balaban J connectivity index is 2.63. The van der Waals surface area contributed by atoms with Crippen LogP contribution >= 0.6 is 0 Å². The maximum absolute atomic E-state index is 11.5. The van der Waals surface area contributed by atoms with Gasteiger partial charge in [0.15, 0.2) is 0 Å². The summed E-state index contributed by atoms with van der Waals surface area (Å²) in [7, 11) is 0. The molecule has 0 saturated heterocycles. The molecular weight excluding hydrogens is 182 g/mol. The van der Waals surface area contributed by atoms with Crippen molar-refractivity contribution in [1.29, 1.82) is 0 Å². The van der Waals surface area contributed by atoms with Crippen LogP contribution in [-0.2, 0) is 14.6 Å². The molecule has 1 N–H and O–H groups in total. The number of carbonyl (C=O) groups is 1. The van der Waals surface area contributed by atoms with Gasteiger partial charge < -0.3 is 9.72 Å². The molecule has 0 amide bonds. The van der Waals surface area contributed by atoms with E-state index >= 15 is 0 Å². The first-order valence-electron chi connectivity index (χ1n) is 4.42. The fourth-order valence-electron chi connectivity index (χ4n) is 0.990. The molecule has 0 aliphatic rings. The lowest BCUT2D eigenvalue weighted by Gasteiger charge is -2.20. The number of ether oxygens (including phenoxy) is 1. The number of esters is 1. The van der Waals surface area contributed by atoms with Gasteiger partial charge in [0.2, 0.25) is 6.10 Å². The van der Waals surface area contributed by atoms with Crippen molar-refractivity contribution in [3.63, 3.8) is 0 Å². The van der Waals surface area contributed by atoms with Crippen LogP contribution in [0.15, 0.2) is 18.3 Å². The van der Waals surface area contributed by atoms with Gasteiger partial charge in [-0.15, -0.1) is 0 Å². The van der Waals surface area contributed by atoms with Crippen LogP contribution in [0.4, 0.5) is 0 Å². The van der Waals surface area contributed by atoms with Gasteiger partial charge in [-0.3, -0.25) is 0 Å². The molecule has 0 aliphatic carbocycles. The maximum atomic E-state index is 11.5. The second-order valence-corrected chi connectivity index (χ2v) is 4.04. The summed E-state index contributed by atoms with van der Waals surface area (Å²) in [5.41, 5.74) is -0.286. The Kier molecular flexibility index (Phi) is 2.96. The van der Waals surface area contributed by atoms with Crippen LogP contribution in [0.25, 0.3) is 0 Å². The molecule has 0 bridgehead atoms. The third kappa shape index (κ3) is 2.88. The highest BCUT2D eigenvalue weighted by Crippen LogP contribution is 2.17. The second-order valence-electron chi connectivity index (χ2n) is 4.04. The van der Waals surface area contributed by atoms with E-state index < -0.39 is 17.7 Å². The van der Waals surface area contributed by atoms with Crippen molar-refractivity contribution < 1.29 is 14.6 Å². The van der Waals surface area contributed by atoms with Crippen LogP contribution < -0.4 is 0 Å². The summed E-state index contributed by atoms with van der Waals surface area (Å²) >= 11 is 0. The van der Waals surface area contributed by atoms with E-state index in [1.807, 2.05) is 0 Å². The van der Waals surface area contributed by atoms with Gasteiger partial charge in [0.25, 0.3) is 0 Å². The van der Waals surface area contributed by atoms with Gasteiger partial charge in [-0.05, 0) is 32.9 Å². The summed E-state index contributed by atoms with van der Waals surface area (Å²) in [5.74, 6) is -0.750. The first kappa shape index (κ1) is 10.8. The molecule has 1 heterocycles. The average molecular weight is 196 g/mol. The zero-order chi connectivity index (χ0) is 10.8. The summed E-state index contributed by atoms with van der Waals surface area (Å²) in [6.07, 6.45) is 0.120. The normalized spacial score (nSPS) is 13.7.